The zero-order chi connectivity index (χ0) is 30.9. The van der Waals surface area contributed by atoms with Crippen LogP contribution in [0.5, 0.6) is 0 Å². The van der Waals surface area contributed by atoms with E-state index in [1.807, 2.05) is 22.9 Å². The molecule has 230 valence electrons. The summed E-state index contributed by atoms with van der Waals surface area (Å²) >= 11 is 0. The Kier molecular flexibility index (Phi) is 7.86. The summed E-state index contributed by atoms with van der Waals surface area (Å²) in [5.41, 5.74) is 9.84. The maximum absolute atomic E-state index is 13.7. The molecule has 1 amide bonds. The van der Waals surface area contributed by atoms with Crippen molar-refractivity contribution in [2.24, 2.45) is 5.92 Å². The number of amides is 1. The molecule has 2 fully saturated rings. The molecule has 2 aliphatic rings. The fourth-order valence-electron chi connectivity index (χ4n) is 6.24. The molecule has 1 unspecified atom stereocenters. The number of hydrogen-bond acceptors (Lipinski definition) is 7. The molecular formula is C34H33FN6O4. The minimum Gasteiger partial charge on any atom is -0.383 e. The van der Waals surface area contributed by atoms with Gasteiger partial charge in [-0.05, 0) is 60.6 Å². The van der Waals surface area contributed by atoms with Gasteiger partial charge in [-0.2, -0.15) is 0 Å². The number of aromatic nitrogens is 4. The third kappa shape index (κ3) is 5.84. The van der Waals surface area contributed by atoms with Crippen molar-refractivity contribution in [2.45, 2.75) is 31.8 Å². The molecule has 0 saturated carbocycles. The Morgan fingerprint density at radius 1 is 0.911 bits per heavy atom. The van der Waals surface area contributed by atoms with Gasteiger partial charge in [0.25, 0.3) is 5.91 Å². The van der Waals surface area contributed by atoms with Gasteiger partial charge >= 0.3 is 0 Å². The van der Waals surface area contributed by atoms with Crippen molar-refractivity contribution in [3.8, 4) is 22.3 Å². The first-order valence-corrected chi connectivity index (χ1v) is 15.1. The van der Waals surface area contributed by atoms with Gasteiger partial charge in [0.05, 0.1) is 18.0 Å². The molecular weight excluding hydrogens is 575 g/mol. The molecule has 7 rings (SSSR count). The number of nitrogen functional groups attached to an aromatic ring is 1. The number of nitrogens with one attached hydrogen (secondary N) is 1. The van der Waals surface area contributed by atoms with E-state index < -0.39 is 17.2 Å². The van der Waals surface area contributed by atoms with Gasteiger partial charge in [-0.3, -0.25) is 9.59 Å². The Hall–Kier alpha value is -4.87. The number of rotatable bonds is 7. The highest BCUT2D eigenvalue weighted by atomic mass is 19.1. The van der Waals surface area contributed by atoms with Crippen LogP contribution in [0.2, 0.25) is 0 Å². The molecule has 5 aromatic rings. The van der Waals surface area contributed by atoms with Crippen molar-refractivity contribution in [3.05, 3.63) is 95.1 Å². The van der Waals surface area contributed by atoms with E-state index in [0.717, 1.165) is 41.4 Å². The number of halogens is 1. The fraction of sp³-hybridized carbons (Fsp3) is 0.294. The lowest BCUT2D eigenvalue weighted by atomic mass is 9.99. The van der Waals surface area contributed by atoms with Crippen molar-refractivity contribution in [1.82, 2.24) is 19.1 Å². The predicted molar refractivity (Wildman–Crippen MR) is 169 cm³/mol. The summed E-state index contributed by atoms with van der Waals surface area (Å²) < 4.78 is 28.8. The highest BCUT2D eigenvalue weighted by Crippen LogP contribution is 2.36. The Balaban J connectivity index is 1.18. The second-order valence-corrected chi connectivity index (χ2v) is 11.6. The quantitative estimate of drug-likeness (QED) is 0.257. The summed E-state index contributed by atoms with van der Waals surface area (Å²) in [7, 11) is 0. The van der Waals surface area contributed by atoms with Gasteiger partial charge in [-0.1, -0.05) is 24.3 Å². The molecule has 2 aliphatic heterocycles. The molecule has 2 aromatic carbocycles. The molecule has 11 heteroatoms. The summed E-state index contributed by atoms with van der Waals surface area (Å²) in [6.45, 7) is 3.32. The van der Waals surface area contributed by atoms with Crippen LogP contribution in [0.4, 0.5) is 15.9 Å². The van der Waals surface area contributed by atoms with E-state index in [9.17, 15) is 14.0 Å². The van der Waals surface area contributed by atoms with Crippen LogP contribution in [-0.4, -0.2) is 51.4 Å². The minimum absolute atomic E-state index is 0.0136. The highest BCUT2D eigenvalue weighted by molar-refractivity contribution is 6.05. The molecule has 3 aromatic heterocycles. The minimum atomic E-state index is -0.520. The molecule has 0 spiro atoms. The smallest absolute Gasteiger partial charge is 0.261 e. The lowest BCUT2D eigenvalue weighted by molar-refractivity contribution is 0.0612. The van der Waals surface area contributed by atoms with E-state index in [4.69, 9.17) is 15.2 Å². The Labute approximate surface area is 258 Å². The molecule has 0 radical (unpaired) electrons. The van der Waals surface area contributed by atoms with Crippen LogP contribution >= 0.6 is 0 Å². The number of nitrogens with two attached hydrogens (primary N) is 1. The van der Waals surface area contributed by atoms with E-state index in [1.54, 1.807) is 36.7 Å². The number of nitrogens with zero attached hydrogens (tertiary/aromatic N) is 4. The number of benzene rings is 2. The molecule has 0 bridgehead atoms. The summed E-state index contributed by atoms with van der Waals surface area (Å²) in [6.07, 6.45) is 9.54. The first-order chi connectivity index (χ1) is 21.9. The topological polar surface area (TPSA) is 126 Å². The maximum atomic E-state index is 13.7. The van der Waals surface area contributed by atoms with E-state index in [1.165, 1.54) is 18.5 Å². The first kappa shape index (κ1) is 28.9. The lowest BCUT2D eigenvalue weighted by Gasteiger charge is -2.23. The van der Waals surface area contributed by atoms with Crippen LogP contribution in [0.1, 0.15) is 35.7 Å². The van der Waals surface area contributed by atoms with Gasteiger partial charge in [0, 0.05) is 61.8 Å². The third-order valence-electron chi connectivity index (χ3n) is 8.68. The number of fused-ring (bicyclic) bond motifs is 1. The summed E-state index contributed by atoms with van der Waals surface area (Å²) in [5.74, 6) is -0.167. The van der Waals surface area contributed by atoms with E-state index >= 15 is 0 Å². The number of anilines is 2. The number of hydrogen-bond donors (Lipinski definition) is 2. The van der Waals surface area contributed by atoms with Gasteiger partial charge < -0.3 is 29.7 Å². The summed E-state index contributed by atoms with van der Waals surface area (Å²) in [5, 5.41) is 3.66. The van der Waals surface area contributed by atoms with Crippen molar-refractivity contribution in [1.29, 1.82) is 0 Å². The zero-order valence-corrected chi connectivity index (χ0v) is 24.6. The van der Waals surface area contributed by atoms with Gasteiger partial charge in [0.2, 0.25) is 5.43 Å². The van der Waals surface area contributed by atoms with Crippen LogP contribution in [0.3, 0.4) is 0 Å². The van der Waals surface area contributed by atoms with Crippen LogP contribution in [-0.2, 0) is 16.0 Å². The molecule has 45 heavy (non-hydrogen) atoms. The Bertz CT molecular complexity index is 1910. The first-order valence-electron chi connectivity index (χ1n) is 15.1. The summed E-state index contributed by atoms with van der Waals surface area (Å²) in [6, 6.07) is 13.3. The van der Waals surface area contributed by atoms with Crippen LogP contribution in [0, 0.1) is 11.7 Å². The second-order valence-electron chi connectivity index (χ2n) is 11.6. The number of carbonyl (C=O) groups is 1. The average Bonchev–Trinajstić information content (AvgIpc) is 3.72. The number of carbonyl (C=O) groups excluding carboxylic acids is 1. The largest absolute Gasteiger partial charge is 0.383 e. The summed E-state index contributed by atoms with van der Waals surface area (Å²) in [4.78, 5) is 35.9. The van der Waals surface area contributed by atoms with Gasteiger partial charge in [0.15, 0.2) is 0 Å². The monoisotopic (exact) mass is 608 g/mol. The molecule has 3 N–H and O–H groups in total. The number of ether oxygens (including phenoxy) is 2. The molecule has 0 aliphatic carbocycles. The Morgan fingerprint density at radius 3 is 2.36 bits per heavy atom. The normalized spacial score (nSPS) is 17.1. The highest BCUT2D eigenvalue weighted by Gasteiger charge is 2.24. The molecule has 5 heterocycles. The lowest BCUT2D eigenvalue weighted by Crippen LogP contribution is -2.26. The Morgan fingerprint density at radius 2 is 1.62 bits per heavy atom. The van der Waals surface area contributed by atoms with Crippen molar-refractivity contribution in [3.63, 3.8) is 0 Å². The molecule has 1 atom stereocenters. The standard InChI is InChI=1S/C34H33FN6O4/c35-24-5-1-23(2-6-24)28-16-40(15-21-9-12-44-13-10-21)17-29(31(28)42)34(43)39-25-7-3-22(4-8-25)27-18-41(26-11-14-45-19-26)33-30(27)32(36)37-20-38-33/h1-8,16-18,20-21,26H,9-15,19H2,(H,39,43)(H2,36,37,38). The zero-order valence-electron chi connectivity index (χ0n) is 24.6. The van der Waals surface area contributed by atoms with E-state index in [-0.39, 0.29) is 11.6 Å². The molecule has 2 saturated heterocycles. The van der Waals surface area contributed by atoms with Crippen molar-refractivity contribution < 1.29 is 18.7 Å². The van der Waals surface area contributed by atoms with Crippen molar-refractivity contribution >= 4 is 28.4 Å². The van der Waals surface area contributed by atoms with E-state index in [0.29, 0.717) is 61.5 Å². The van der Waals surface area contributed by atoms with E-state index in [2.05, 4.69) is 19.9 Å². The molecule has 10 nitrogen and oxygen atoms in total. The SMILES string of the molecule is Nc1ncnc2c1c(-c1ccc(NC(=O)c3cn(CC4CCOCC4)cc(-c4ccc(F)cc4)c3=O)cc1)cn2C1CCOC1. The van der Waals surface area contributed by atoms with Gasteiger partial charge in [0.1, 0.15) is 29.2 Å². The second kappa shape index (κ2) is 12.3. The van der Waals surface area contributed by atoms with Crippen molar-refractivity contribution in [2.75, 3.05) is 37.5 Å². The average molecular weight is 609 g/mol. The van der Waals surface area contributed by atoms with Gasteiger partial charge in [-0.15, -0.1) is 0 Å². The maximum Gasteiger partial charge on any atom is 0.261 e. The van der Waals surface area contributed by atoms with Crippen LogP contribution in [0.15, 0.2) is 78.2 Å². The van der Waals surface area contributed by atoms with Gasteiger partial charge in [-0.25, -0.2) is 14.4 Å². The third-order valence-corrected chi connectivity index (χ3v) is 8.68. The van der Waals surface area contributed by atoms with Crippen LogP contribution in [0.25, 0.3) is 33.3 Å². The predicted octanol–water partition coefficient (Wildman–Crippen LogP) is 5.29. The number of pyridine rings is 1. The fourth-order valence-corrected chi connectivity index (χ4v) is 6.24. The van der Waals surface area contributed by atoms with Crippen LogP contribution < -0.4 is 16.5 Å².